The zero-order valence-corrected chi connectivity index (χ0v) is 24.4. The summed E-state index contributed by atoms with van der Waals surface area (Å²) < 4.78 is 10.7. The van der Waals surface area contributed by atoms with Crippen molar-refractivity contribution in [3.63, 3.8) is 0 Å². The predicted octanol–water partition coefficient (Wildman–Crippen LogP) is 5.06. The third kappa shape index (κ3) is 9.07. The van der Waals surface area contributed by atoms with Crippen LogP contribution in [0, 0.1) is 17.8 Å². The van der Waals surface area contributed by atoms with Gasteiger partial charge in [-0.25, -0.2) is 0 Å². The number of amides is 1. The molecule has 1 saturated heterocycles. The van der Waals surface area contributed by atoms with Crippen LogP contribution in [0.4, 0.5) is 0 Å². The topological polar surface area (TPSA) is 71.6 Å². The Morgan fingerprint density at radius 1 is 1.10 bits per heavy atom. The van der Waals surface area contributed by atoms with E-state index in [9.17, 15) is 9.59 Å². The number of hydrogen-bond donors (Lipinski definition) is 1. The Morgan fingerprint density at radius 2 is 1.77 bits per heavy atom. The molecule has 6 nitrogen and oxygen atoms in total. The van der Waals surface area contributed by atoms with Gasteiger partial charge < -0.3 is 19.4 Å². The lowest BCUT2D eigenvalue weighted by atomic mass is 9.93. The fourth-order valence-electron chi connectivity index (χ4n) is 4.15. The zero-order valence-electron chi connectivity index (χ0n) is 24.4. The number of H-pyrrole nitrogens is 1. The maximum atomic E-state index is 11.7. The fraction of sp³-hybridized carbons (Fsp3) is 0.394. The number of piperidine rings is 1. The monoisotopic (exact) mass is 530 g/mol. The van der Waals surface area contributed by atoms with Gasteiger partial charge in [0.05, 0.1) is 24.8 Å². The summed E-state index contributed by atoms with van der Waals surface area (Å²) in [6.45, 7) is 11.2. The summed E-state index contributed by atoms with van der Waals surface area (Å²) >= 11 is 0. The standard InChI is InChI=1S/C18H21NO.C15H21NO3/c1-15(2)8-9-18(16-6-4-3-5-7-16)17-10-12-19(14-20)13-11-17;1-6-7-8-13(19-5)14-12(10(2)17)9-16-15(14)11(3)18-4/h3-7,14-15H,10-13H2,1-2H3;7-9,16H,6H2,1-5H3/b;8-7+,14-13+,15-11-. The molecule has 0 saturated carbocycles. The van der Waals surface area contributed by atoms with Crippen molar-refractivity contribution >= 4 is 29.3 Å². The zero-order chi connectivity index (χ0) is 28.8. The van der Waals surface area contributed by atoms with E-state index in [1.54, 1.807) is 20.4 Å². The second-order valence-corrected chi connectivity index (χ2v) is 9.56. The molecule has 6 heteroatoms. The number of hydrogen-bond acceptors (Lipinski definition) is 4. The van der Waals surface area contributed by atoms with E-state index < -0.39 is 0 Å². The van der Waals surface area contributed by atoms with Crippen LogP contribution < -0.4 is 10.6 Å². The van der Waals surface area contributed by atoms with Gasteiger partial charge in [0.1, 0.15) is 11.5 Å². The van der Waals surface area contributed by atoms with Gasteiger partial charge in [-0.2, -0.15) is 0 Å². The van der Waals surface area contributed by atoms with E-state index in [0.29, 0.717) is 23.0 Å². The van der Waals surface area contributed by atoms with E-state index in [2.05, 4.69) is 42.8 Å². The van der Waals surface area contributed by atoms with Gasteiger partial charge >= 0.3 is 0 Å². The Hall–Kier alpha value is -3.98. The lowest BCUT2D eigenvalue weighted by molar-refractivity contribution is -0.118. The van der Waals surface area contributed by atoms with E-state index >= 15 is 0 Å². The molecule has 0 atom stereocenters. The molecule has 0 aliphatic carbocycles. The molecular weight excluding hydrogens is 488 g/mol. The van der Waals surface area contributed by atoms with Crippen molar-refractivity contribution in [2.24, 2.45) is 5.92 Å². The number of benzene rings is 1. The third-order valence-corrected chi connectivity index (χ3v) is 6.34. The van der Waals surface area contributed by atoms with E-state index in [-0.39, 0.29) is 5.78 Å². The molecule has 0 bridgehead atoms. The van der Waals surface area contributed by atoms with Crippen LogP contribution in [-0.2, 0) is 14.3 Å². The number of ether oxygens (including phenoxy) is 2. The van der Waals surface area contributed by atoms with Crippen LogP contribution in [0.5, 0.6) is 0 Å². The number of carbonyl (C=O) groups excluding carboxylic acids is 2. The molecule has 208 valence electrons. The minimum atomic E-state index is -0.0131. The second-order valence-electron chi connectivity index (χ2n) is 9.56. The van der Waals surface area contributed by atoms with Crippen LogP contribution in [0.1, 0.15) is 69.8 Å². The van der Waals surface area contributed by atoms with Gasteiger partial charge in [0.15, 0.2) is 5.78 Å². The number of methoxy groups -OCH3 is 2. The number of likely N-dealkylation sites (tertiary alicyclic amines) is 1. The molecule has 1 fully saturated rings. The fourth-order valence-corrected chi connectivity index (χ4v) is 4.15. The van der Waals surface area contributed by atoms with Crippen LogP contribution in [0.3, 0.4) is 0 Å². The molecular formula is C33H42N2O4. The molecule has 1 aliphatic heterocycles. The molecule has 0 unspecified atom stereocenters. The van der Waals surface area contributed by atoms with Crippen molar-refractivity contribution in [1.82, 2.24) is 9.88 Å². The van der Waals surface area contributed by atoms with Gasteiger partial charge in [0, 0.05) is 36.3 Å². The largest absolute Gasteiger partial charge is 0.499 e. The van der Waals surface area contributed by atoms with Crippen LogP contribution in [0.25, 0.3) is 17.1 Å². The first-order valence-corrected chi connectivity index (χ1v) is 13.4. The average molecular weight is 531 g/mol. The highest BCUT2D eigenvalue weighted by Crippen LogP contribution is 2.26. The lowest BCUT2D eigenvalue weighted by Gasteiger charge is -2.25. The Bertz CT molecular complexity index is 1340. The van der Waals surface area contributed by atoms with Gasteiger partial charge in [0.25, 0.3) is 0 Å². The summed E-state index contributed by atoms with van der Waals surface area (Å²) in [5.74, 6) is 8.35. The van der Waals surface area contributed by atoms with E-state index in [0.717, 1.165) is 54.9 Å². The Balaban J connectivity index is 0.000000274. The molecule has 1 aliphatic rings. The number of Topliss-reactive ketones (excluding diaryl/α,β-unsaturated/α-hetero) is 1. The highest BCUT2D eigenvalue weighted by Gasteiger charge is 2.16. The highest BCUT2D eigenvalue weighted by molar-refractivity contribution is 5.94. The number of carbonyl (C=O) groups is 2. The Labute approximate surface area is 233 Å². The van der Waals surface area contributed by atoms with Crippen molar-refractivity contribution in [2.45, 2.75) is 53.9 Å². The molecule has 3 rings (SSSR count). The summed E-state index contributed by atoms with van der Waals surface area (Å²) in [7, 11) is 3.19. The molecule has 1 aromatic carbocycles. The van der Waals surface area contributed by atoms with Crippen LogP contribution in [0.15, 0.2) is 54.3 Å². The quantitative estimate of drug-likeness (QED) is 0.308. The summed E-state index contributed by atoms with van der Waals surface area (Å²) in [5, 5.41) is 1.52. The molecule has 1 aromatic heterocycles. The van der Waals surface area contributed by atoms with E-state index in [1.165, 1.54) is 18.1 Å². The smallest absolute Gasteiger partial charge is 0.209 e. The maximum absolute atomic E-state index is 11.7. The summed E-state index contributed by atoms with van der Waals surface area (Å²) in [4.78, 5) is 27.4. The number of rotatable bonds is 7. The number of allylic oxidation sites excluding steroid dienone is 2. The first kappa shape index (κ1) is 31.2. The van der Waals surface area contributed by atoms with Crippen LogP contribution in [0.2, 0.25) is 0 Å². The second kappa shape index (κ2) is 16.1. The van der Waals surface area contributed by atoms with Crippen LogP contribution >= 0.6 is 0 Å². The molecule has 0 radical (unpaired) electrons. The highest BCUT2D eigenvalue weighted by atomic mass is 16.5. The van der Waals surface area contributed by atoms with Gasteiger partial charge in [-0.15, -0.1) is 0 Å². The first-order chi connectivity index (χ1) is 18.8. The van der Waals surface area contributed by atoms with Gasteiger partial charge in [-0.1, -0.05) is 74.6 Å². The predicted molar refractivity (Wildman–Crippen MR) is 159 cm³/mol. The van der Waals surface area contributed by atoms with Crippen molar-refractivity contribution in [3.05, 3.63) is 75.9 Å². The number of aromatic amines is 1. The number of aromatic nitrogens is 1. The minimum Gasteiger partial charge on any atom is -0.499 e. The van der Waals surface area contributed by atoms with Gasteiger partial charge in [0.2, 0.25) is 6.41 Å². The summed E-state index contributed by atoms with van der Waals surface area (Å²) in [6, 6.07) is 10.4. The maximum Gasteiger partial charge on any atom is 0.209 e. The minimum absolute atomic E-state index is 0.0131. The summed E-state index contributed by atoms with van der Waals surface area (Å²) in [6.07, 6.45) is 9.25. The van der Waals surface area contributed by atoms with Crippen molar-refractivity contribution in [1.29, 1.82) is 0 Å². The Morgan fingerprint density at radius 3 is 2.28 bits per heavy atom. The van der Waals surface area contributed by atoms with Gasteiger partial charge in [-0.3, -0.25) is 9.59 Å². The van der Waals surface area contributed by atoms with E-state index in [4.69, 9.17) is 9.47 Å². The van der Waals surface area contributed by atoms with Crippen molar-refractivity contribution in [3.8, 4) is 11.8 Å². The molecule has 1 amide bonds. The van der Waals surface area contributed by atoms with E-state index in [1.807, 2.05) is 49.1 Å². The van der Waals surface area contributed by atoms with Crippen LogP contribution in [-0.4, -0.2) is 49.4 Å². The summed E-state index contributed by atoms with van der Waals surface area (Å²) in [5.41, 5.74) is 4.33. The SMILES string of the molecule is CC(C)C#CC(=C1CCN(C=O)CC1)c1ccccc1.CC/C=C/C(OC)=c1/c(C(C)=O)c[nH]/c1=C(/C)OC. The van der Waals surface area contributed by atoms with Gasteiger partial charge in [-0.05, 0) is 44.7 Å². The number of nitrogens with one attached hydrogen (secondary N) is 1. The molecule has 2 aromatic rings. The number of nitrogens with zero attached hydrogens (tertiary/aromatic N) is 1. The number of ketones is 1. The third-order valence-electron chi connectivity index (χ3n) is 6.34. The van der Waals surface area contributed by atoms with Crippen molar-refractivity contribution < 1.29 is 19.1 Å². The van der Waals surface area contributed by atoms with Crippen molar-refractivity contribution in [2.75, 3.05) is 27.3 Å². The lowest BCUT2D eigenvalue weighted by Crippen LogP contribution is -2.31. The molecule has 39 heavy (non-hydrogen) atoms. The molecule has 2 heterocycles. The molecule has 0 spiro atoms. The molecule has 1 N–H and O–H groups in total. The first-order valence-electron chi connectivity index (χ1n) is 13.4. The normalized spacial score (nSPS) is 14.6. The Kier molecular flexibility index (Phi) is 12.9. The average Bonchev–Trinajstić information content (AvgIpc) is 3.40.